The Morgan fingerprint density at radius 3 is 2.00 bits per heavy atom. The molecule has 0 aliphatic carbocycles. The Kier molecular flexibility index (Phi) is 11.3. The summed E-state index contributed by atoms with van der Waals surface area (Å²) in [6.07, 6.45) is 2.54. The van der Waals surface area contributed by atoms with Crippen molar-refractivity contribution in [1.82, 2.24) is 4.31 Å². The zero-order valence-corrected chi connectivity index (χ0v) is 14.6. The van der Waals surface area contributed by atoms with E-state index in [0.717, 1.165) is 19.3 Å². The Morgan fingerprint density at radius 1 is 1.16 bits per heavy atom. The third kappa shape index (κ3) is 8.12. The average molecular weight is 315 g/mol. The van der Waals surface area contributed by atoms with Gasteiger partial charge in [-0.3, -0.25) is 0 Å². The van der Waals surface area contributed by atoms with E-state index in [4.69, 9.17) is 5.73 Å². The second kappa shape index (κ2) is 9.97. The third-order valence-electron chi connectivity index (χ3n) is 3.71. The minimum atomic E-state index is -3.13. The van der Waals surface area contributed by atoms with E-state index in [9.17, 15) is 8.42 Å². The fourth-order valence-electron chi connectivity index (χ4n) is 1.75. The second-order valence-electron chi connectivity index (χ2n) is 5.48. The summed E-state index contributed by atoms with van der Waals surface area (Å²) in [6.45, 7) is 8.71. The molecule has 0 aliphatic heterocycles. The molecule has 2 N–H and O–H groups in total. The minimum absolute atomic E-state index is 0. The monoisotopic (exact) mass is 314 g/mol. The van der Waals surface area contributed by atoms with Crippen LogP contribution < -0.4 is 5.73 Å². The van der Waals surface area contributed by atoms with E-state index >= 15 is 0 Å². The van der Waals surface area contributed by atoms with Gasteiger partial charge in [-0.15, -0.1) is 12.4 Å². The molecule has 0 aromatic rings. The first-order valence-electron chi connectivity index (χ1n) is 6.94. The summed E-state index contributed by atoms with van der Waals surface area (Å²) in [6, 6.07) is 0.0656. The lowest BCUT2D eigenvalue weighted by atomic mass is 10.0. The molecule has 0 saturated heterocycles. The summed E-state index contributed by atoms with van der Waals surface area (Å²) in [5.74, 6) is 0.907. The van der Waals surface area contributed by atoms with Gasteiger partial charge in [-0.2, -0.15) is 0 Å². The molecule has 19 heavy (non-hydrogen) atoms. The Balaban J connectivity index is 0. The van der Waals surface area contributed by atoms with Crippen LogP contribution in [0.3, 0.4) is 0 Å². The van der Waals surface area contributed by atoms with Gasteiger partial charge >= 0.3 is 0 Å². The van der Waals surface area contributed by atoms with E-state index in [1.54, 1.807) is 7.05 Å². The summed E-state index contributed by atoms with van der Waals surface area (Å²) in [7, 11) is -1.47. The van der Waals surface area contributed by atoms with Gasteiger partial charge in [0.25, 0.3) is 0 Å². The predicted octanol–water partition coefficient (Wildman–Crippen LogP) is 2.48. The Labute approximate surface area is 125 Å². The van der Waals surface area contributed by atoms with Gasteiger partial charge in [0.05, 0.1) is 5.75 Å². The lowest BCUT2D eigenvalue weighted by Crippen LogP contribution is -2.36. The molecule has 0 aromatic carbocycles. The first-order valence-corrected chi connectivity index (χ1v) is 8.55. The molecule has 4 nitrogen and oxygen atoms in total. The molecular weight excluding hydrogens is 284 g/mol. The van der Waals surface area contributed by atoms with E-state index in [1.165, 1.54) is 4.31 Å². The SMILES string of the molecule is CCC(CC)CS(=O)(=O)N(C)CCC(N)C(C)C.Cl. The number of hydrogen-bond donors (Lipinski definition) is 1. The predicted molar refractivity (Wildman–Crippen MR) is 85.2 cm³/mol. The van der Waals surface area contributed by atoms with Crippen LogP contribution in [-0.2, 0) is 10.0 Å². The standard InChI is InChI=1S/C13H30N2O2S.ClH/c1-6-12(7-2)10-18(16,17)15(5)9-8-13(14)11(3)4;/h11-13H,6-10,14H2,1-5H3;1H. The van der Waals surface area contributed by atoms with Crippen LogP contribution in [0.25, 0.3) is 0 Å². The van der Waals surface area contributed by atoms with Crippen LogP contribution >= 0.6 is 12.4 Å². The van der Waals surface area contributed by atoms with Gasteiger partial charge in [0, 0.05) is 19.6 Å². The molecule has 0 amide bonds. The van der Waals surface area contributed by atoms with Crippen LogP contribution in [0, 0.1) is 11.8 Å². The quantitative estimate of drug-likeness (QED) is 0.711. The molecule has 0 heterocycles. The smallest absolute Gasteiger partial charge is 0.214 e. The van der Waals surface area contributed by atoms with Gasteiger partial charge in [-0.25, -0.2) is 12.7 Å². The van der Waals surface area contributed by atoms with Crippen LogP contribution in [0.15, 0.2) is 0 Å². The maximum absolute atomic E-state index is 12.1. The summed E-state index contributed by atoms with van der Waals surface area (Å²) in [5, 5.41) is 0. The topological polar surface area (TPSA) is 63.4 Å². The molecule has 0 fully saturated rings. The number of rotatable bonds is 9. The van der Waals surface area contributed by atoms with Gasteiger partial charge in [-0.05, 0) is 18.3 Å². The Bertz CT molecular complexity index is 317. The first-order chi connectivity index (χ1) is 8.24. The van der Waals surface area contributed by atoms with Gasteiger partial charge < -0.3 is 5.73 Å². The number of nitrogens with two attached hydrogens (primary N) is 1. The molecule has 0 spiro atoms. The summed E-state index contributed by atoms with van der Waals surface area (Å²) < 4.78 is 25.7. The first kappa shape index (κ1) is 21.5. The molecule has 118 valence electrons. The number of nitrogens with zero attached hydrogens (tertiary/aromatic N) is 1. The van der Waals surface area contributed by atoms with E-state index in [0.29, 0.717) is 12.5 Å². The van der Waals surface area contributed by atoms with Crippen molar-refractivity contribution in [2.45, 2.75) is 53.0 Å². The molecule has 0 rings (SSSR count). The molecule has 0 aliphatic rings. The highest BCUT2D eigenvalue weighted by molar-refractivity contribution is 7.89. The Hall–Kier alpha value is 0.160. The maximum atomic E-state index is 12.1. The number of sulfonamides is 1. The normalized spacial score (nSPS) is 13.9. The molecule has 1 atom stereocenters. The van der Waals surface area contributed by atoms with Gasteiger partial charge in [0.15, 0.2) is 0 Å². The molecule has 0 aromatic heterocycles. The molecule has 6 heteroatoms. The Morgan fingerprint density at radius 2 is 1.63 bits per heavy atom. The van der Waals surface area contributed by atoms with E-state index in [2.05, 4.69) is 13.8 Å². The van der Waals surface area contributed by atoms with Crippen molar-refractivity contribution < 1.29 is 8.42 Å². The second-order valence-corrected chi connectivity index (χ2v) is 7.60. The lowest BCUT2D eigenvalue weighted by Gasteiger charge is -2.23. The van der Waals surface area contributed by atoms with Crippen molar-refractivity contribution in [3.8, 4) is 0 Å². The fraction of sp³-hybridized carbons (Fsp3) is 1.00. The highest BCUT2D eigenvalue weighted by atomic mass is 35.5. The molecule has 1 unspecified atom stereocenters. The van der Waals surface area contributed by atoms with Crippen LogP contribution in [-0.4, -0.2) is 38.1 Å². The molecule has 0 radical (unpaired) electrons. The van der Waals surface area contributed by atoms with Crippen molar-refractivity contribution in [2.75, 3.05) is 19.3 Å². The molecule has 0 saturated carbocycles. The summed E-state index contributed by atoms with van der Waals surface area (Å²) in [5.41, 5.74) is 5.94. The summed E-state index contributed by atoms with van der Waals surface area (Å²) in [4.78, 5) is 0. The van der Waals surface area contributed by atoms with E-state index in [-0.39, 0.29) is 30.1 Å². The molecule has 0 bridgehead atoms. The van der Waals surface area contributed by atoms with Crippen LogP contribution in [0.2, 0.25) is 0 Å². The van der Waals surface area contributed by atoms with Crippen LogP contribution in [0.4, 0.5) is 0 Å². The van der Waals surface area contributed by atoms with Crippen LogP contribution in [0.5, 0.6) is 0 Å². The minimum Gasteiger partial charge on any atom is -0.327 e. The van der Waals surface area contributed by atoms with Gasteiger partial charge in [-0.1, -0.05) is 40.5 Å². The fourth-order valence-corrected chi connectivity index (χ4v) is 3.46. The zero-order valence-electron chi connectivity index (χ0n) is 12.9. The highest BCUT2D eigenvalue weighted by Crippen LogP contribution is 2.14. The van der Waals surface area contributed by atoms with Crippen molar-refractivity contribution >= 4 is 22.4 Å². The van der Waals surface area contributed by atoms with Gasteiger partial charge in [0.2, 0.25) is 10.0 Å². The lowest BCUT2D eigenvalue weighted by molar-refractivity contribution is 0.392. The van der Waals surface area contributed by atoms with Crippen LogP contribution in [0.1, 0.15) is 47.0 Å². The maximum Gasteiger partial charge on any atom is 0.214 e. The molecular formula is C13H31ClN2O2S. The zero-order chi connectivity index (χ0) is 14.3. The van der Waals surface area contributed by atoms with Crippen molar-refractivity contribution in [3.63, 3.8) is 0 Å². The highest BCUT2D eigenvalue weighted by Gasteiger charge is 2.22. The number of hydrogen-bond acceptors (Lipinski definition) is 3. The van der Waals surface area contributed by atoms with E-state index < -0.39 is 10.0 Å². The van der Waals surface area contributed by atoms with E-state index in [1.807, 2.05) is 13.8 Å². The summed E-state index contributed by atoms with van der Waals surface area (Å²) >= 11 is 0. The number of halogens is 1. The van der Waals surface area contributed by atoms with Gasteiger partial charge in [0.1, 0.15) is 0 Å². The van der Waals surface area contributed by atoms with Crippen molar-refractivity contribution in [3.05, 3.63) is 0 Å². The largest absolute Gasteiger partial charge is 0.327 e. The third-order valence-corrected chi connectivity index (χ3v) is 5.73. The average Bonchev–Trinajstić information content (AvgIpc) is 2.32. The van der Waals surface area contributed by atoms with Crippen molar-refractivity contribution in [2.24, 2.45) is 17.6 Å². The van der Waals surface area contributed by atoms with Crippen molar-refractivity contribution in [1.29, 1.82) is 0 Å².